The maximum atomic E-state index is 13.3. The van der Waals surface area contributed by atoms with Crippen LogP contribution >= 0.6 is 11.8 Å². The van der Waals surface area contributed by atoms with E-state index in [0.29, 0.717) is 17.8 Å². The molecule has 0 aliphatic carbocycles. The molecule has 2 amide bonds. The number of nitrogens with one attached hydrogen (secondary N) is 2. The lowest BCUT2D eigenvalue weighted by Gasteiger charge is -2.24. The number of amides is 2. The molecule has 130 valence electrons. The molecule has 6 heteroatoms. The second-order valence-electron chi connectivity index (χ2n) is 5.99. The van der Waals surface area contributed by atoms with Gasteiger partial charge in [-0.2, -0.15) is 0 Å². The fourth-order valence-electron chi connectivity index (χ4n) is 2.77. The molecule has 0 radical (unpaired) electrons. The molecule has 0 bridgehead atoms. The third-order valence-corrected chi connectivity index (χ3v) is 5.08. The van der Waals surface area contributed by atoms with Crippen molar-refractivity contribution in [1.29, 1.82) is 0 Å². The second-order valence-corrected chi connectivity index (χ2v) is 7.16. The van der Waals surface area contributed by atoms with Crippen LogP contribution < -0.4 is 10.6 Å². The van der Waals surface area contributed by atoms with E-state index in [-0.39, 0.29) is 18.2 Å². The molecule has 0 saturated heterocycles. The van der Waals surface area contributed by atoms with Crippen molar-refractivity contribution in [3.63, 3.8) is 0 Å². The lowest BCUT2D eigenvalue weighted by molar-refractivity contribution is -0.126. The smallest absolute Gasteiger partial charge is 0.228 e. The van der Waals surface area contributed by atoms with Gasteiger partial charge in [-0.1, -0.05) is 23.8 Å². The molecule has 1 aliphatic rings. The summed E-state index contributed by atoms with van der Waals surface area (Å²) < 4.78 is 13.3. The minimum absolute atomic E-state index is 0.0789. The van der Waals surface area contributed by atoms with E-state index in [9.17, 15) is 14.0 Å². The van der Waals surface area contributed by atoms with E-state index in [1.165, 1.54) is 17.7 Å². The lowest BCUT2D eigenvalue weighted by atomic mass is 9.90. The molecule has 3 rings (SSSR count). The van der Waals surface area contributed by atoms with E-state index in [1.54, 1.807) is 17.8 Å². The highest BCUT2D eigenvalue weighted by Crippen LogP contribution is 2.32. The Labute approximate surface area is 150 Å². The summed E-state index contributed by atoms with van der Waals surface area (Å²) in [6.45, 7) is 2.55. The first-order chi connectivity index (χ1) is 12.0. The molecule has 2 N–H and O–H groups in total. The number of fused-ring (bicyclic) bond motifs is 1. The Bertz CT molecular complexity index is 793. The van der Waals surface area contributed by atoms with Gasteiger partial charge in [-0.05, 0) is 36.8 Å². The number of carbonyl (C=O) groups excluding carboxylic acids is 2. The minimum atomic E-state index is -0.575. The van der Waals surface area contributed by atoms with Gasteiger partial charge in [0.05, 0.1) is 5.92 Å². The summed E-state index contributed by atoms with van der Waals surface area (Å²) in [6, 6.07) is 12.3. The van der Waals surface area contributed by atoms with E-state index in [0.717, 1.165) is 10.6 Å². The zero-order chi connectivity index (χ0) is 17.8. The van der Waals surface area contributed by atoms with Crippen LogP contribution in [0, 0.1) is 12.7 Å². The monoisotopic (exact) mass is 358 g/mol. The predicted molar refractivity (Wildman–Crippen MR) is 97.3 cm³/mol. The summed E-state index contributed by atoms with van der Waals surface area (Å²) in [6.07, 6.45) is 0.0789. The highest BCUT2D eigenvalue weighted by molar-refractivity contribution is 7.99. The summed E-state index contributed by atoms with van der Waals surface area (Å²) in [5.74, 6) is -0.743. The Morgan fingerprint density at radius 1 is 1.28 bits per heavy atom. The van der Waals surface area contributed by atoms with Crippen molar-refractivity contribution in [2.45, 2.75) is 24.2 Å². The van der Waals surface area contributed by atoms with Crippen LogP contribution in [0.1, 0.15) is 23.5 Å². The third-order valence-electron chi connectivity index (χ3n) is 4.06. The van der Waals surface area contributed by atoms with Crippen molar-refractivity contribution in [3.05, 3.63) is 59.4 Å². The Balaban J connectivity index is 1.56. The number of aryl methyl sites for hydroxylation is 1. The van der Waals surface area contributed by atoms with Gasteiger partial charge >= 0.3 is 0 Å². The van der Waals surface area contributed by atoms with Crippen LogP contribution in [0.15, 0.2) is 47.4 Å². The fourth-order valence-corrected chi connectivity index (χ4v) is 3.54. The zero-order valence-electron chi connectivity index (χ0n) is 13.8. The van der Waals surface area contributed by atoms with Crippen molar-refractivity contribution >= 4 is 29.3 Å². The van der Waals surface area contributed by atoms with Gasteiger partial charge in [0.25, 0.3) is 0 Å². The van der Waals surface area contributed by atoms with Gasteiger partial charge in [-0.3, -0.25) is 9.59 Å². The molecule has 1 aliphatic heterocycles. The topological polar surface area (TPSA) is 58.2 Å². The van der Waals surface area contributed by atoms with Crippen LogP contribution in [-0.2, 0) is 9.59 Å². The number of hydrogen-bond donors (Lipinski definition) is 2. The molecule has 2 aromatic rings. The predicted octanol–water partition coefficient (Wildman–Crippen LogP) is 3.47. The molecule has 2 aromatic carbocycles. The third kappa shape index (κ3) is 4.39. The number of thioether (sulfide) groups is 1. The van der Waals surface area contributed by atoms with Gasteiger partial charge in [-0.15, -0.1) is 11.8 Å². The Hall–Kier alpha value is -2.34. The van der Waals surface area contributed by atoms with E-state index in [4.69, 9.17) is 0 Å². The molecule has 0 fully saturated rings. The van der Waals surface area contributed by atoms with Crippen molar-refractivity contribution in [1.82, 2.24) is 5.32 Å². The molecule has 4 nitrogen and oxygen atoms in total. The van der Waals surface area contributed by atoms with Crippen molar-refractivity contribution < 1.29 is 14.0 Å². The molecule has 25 heavy (non-hydrogen) atoms. The zero-order valence-corrected chi connectivity index (χ0v) is 14.7. The average molecular weight is 358 g/mol. The Kier molecular flexibility index (Phi) is 5.38. The number of anilines is 1. The van der Waals surface area contributed by atoms with E-state index in [1.807, 2.05) is 6.92 Å². The number of hydrogen-bond acceptors (Lipinski definition) is 3. The number of carbonyl (C=O) groups is 2. The number of halogens is 1. The second kappa shape index (κ2) is 7.70. The largest absolute Gasteiger partial charge is 0.355 e. The molecule has 0 spiro atoms. The maximum Gasteiger partial charge on any atom is 0.228 e. The Morgan fingerprint density at radius 2 is 2.04 bits per heavy atom. The van der Waals surface area contributed by atoms with Crippen LogP contribution in [0.3, 0.4) is 0 Å². The van der Waals surface area contributed by atoms with Crippen molar-refractivity contribution in [2.75, 3.05) is 17.6 Å². The van der Waals surface area contributed by atoms with Gasteiger partial charge < -0.3 is 10.6 Å². The average Bonchev–Trinajstić information content (AvgIpc) is 2.59. The molecule has 1 unspecified atom stereocenters. The molecular formula is C19H19FN2O2S. The standard InChI is InChI=1S/C19H19FN2O2S/c1-12-2-5-14(6-3-12)25-9-8-21-19(24)16-11-18(23)22-17-10-13(20)4-7-15(16)17/h2-7,10,16H,8-9,11H2,1H3,(H,21,24)(H,22,23). The molecule has 0 aromatic heterocycles. The van der Waals surface area contributed by atoms with E-state index < -0.39 is 11.7 Å². The van der Waals surface area contributed by atoms with Crippen LogP contribution in [0.2, 0.25) is 0 Å². The number of rotatable bonds is 5. The highest BCUT2D eigenvalue weighted by atomic mass is 32.2. The normalized spacial score (nSPS) is 16.1. The van der Waals surface area contributed by atoms with E-state index >= 15 is 0 Å². The van der Waals surface area contributed by atoms with Crippen molar-refractivity contribution in [3.8, 4) is 0 Å². The Morgan fingerprint density at radius 3 is 2.80 bits per heavy atom. The summed E-state index contributed by atoms with van der Waals surface area (Å²) >= 11 is 1.66. The molecular weight excluding hydrogens is 339 g/mol. The summed E-state index contributed by atoms with van der Waals surface area (Å²) in [4.78, 5) is 25.4. The van der Waals surface area contributed by atoms with Gasteiger partial charge in [0.2, 0.25) is 11.8 Å². The first-order valence-electron chi connectivity index (χ1n) is 8.09. The highest BCUT2D eigenvalue weighted by Gasteiger charge is 2.30. The minimum Gasteiger partial charge on any atom is -0.355 e. The first kappa shape index (κ1) is 17.5. The first-order valence-corrected chi connectivity index (χ1v) is 9.08. The summed E-state index contributed by atoms with van der Waals surface area (Å²) in [5, 5.41) is 5.49. The van der Waals surface area contributed by atoms with Crippen LogP contribution in [0.5, 0.6) is 0 Å². The fraction of sp³-hybridized carbons (Fsp3) is 0.263. The van der Waals surface area contributed by atoms with Crippen molar-refractivity contribution in [2.24, 2.45) is 0 Å². The number of benzene rings is 2. The van der Waals surface area contributed by atoms with Gasteiger partial charge in [0.15, 0.2) is 0 Å². The molecule has 1 atom stereocenters. The van der Waals surface area contributed by atoms with Gasteiger partial charge in [-0.25, -0.2) is 4.39 Å². The molecule has 1 heterocycles. The quantitative estimate of drug-likeness (QED) is 0.636. The molecule has 0 saturated carbocycles. The van der Waals surface area contributed by atoms with Crippen LogP contribution in [0.25, 0.3) is 0 Å². The van der Waals surface area contributed by atoms with E-state index in [2.05, 4.69) is 34.9 Å². The lowest BCUT2D eigenvalue weighted by Crippen LogP contribution is -2.36. The van der Waals surface area contributed by atoms with Crippen LogP contribution in [0.4, 0.5) is 10.1 Å². The SMILES string of the molecule is Cc1ccc(SCCNC(=O)C2CC(=O)Nc3cc(F)ccc32)cc1. The summed E-state index contributed by atoms with van der Waals surface area (Å²) in [7, 11) is 0. The van der Waals surface area contributed by atoms with Crippen LogP contribution in [-0.4, -0.2) is 24.1 Å². The summed E-state index contributed by atoms with van der Waals surface area (Å²) in [5.41, 5.74) is 2.25. The van der Waals surface area contributed by atoms with Gasteiger partial charge in [0, 0.05) is 29.3 Å². The maximum absolute atomic E-state index is 13.3. The van der Waals surface area contributed by atoms with Gasteiger partial charge in [0.1, 0.15) is 5.82 Å².